The molecule has 8 nitrogen and oxygen atoms in total. The average molecular weight is 379 g/mol. The number of rotatable bonds is 5. The van der Waals surface area contributed by atoms with E-state index in [9.17, 15) is 9.59 Å². The highest BCUT2D eigenvalue weighted by Gasteiger charge is 2.15. The lowest BCUT2D eigenvalue weighted by Gasteiger charge is -2.11. The van der Waals surface area contributed by atoms with Crippen molar-refractivity contribution in [2.45, 2.75) is 26.8 Å². The molecule has 0 aliphatic rings. The third kappa shape index (κ3) is 3.90. The lowest BCUT2D eigenvalue weighted by Crippen LogP contribution is -2.13. The van der Waals surface area contributed by atoms with Gasteiger partial charge in [0.1, 0.15) is 0 Å². The number of benzene rings is 2. The van der Waals surface area contributed by atoms with Gasteiger partial charge in [0, 0.05) is 16.8 Å². The van der Waals surface area contributed by atoms with Crippen molar-refractivity contribution in [3.8, 4) is 11.4 Å². The first kappa shape index (κ1) is 19.2. The first-order valence-corrected chi connectivity index (χ1v) is 8.79. The molecule has 0 atom stereocenters. The molecule has 0 aliphatic heterocycles. The van der Waals surface area contributed by atoms with Gasteiger partial charge in [-0.05, 0) is 61.0 Å². The summed E-state index contributed by atoms with van der Waals surface area (Å²) in [6.07, 6.45) is 0. The zero-order chi connectivity index (χ0) is 20.3. The van der Waals surface area contributed by atoms with Gasteiger partial charge in [-0.1, -0.05) is 18.2 Å². The van der Waals surface area contributed by atoms with Crippen molar-refractivity contribution in [2.24, 2.45) is 0 Å². The van der Waals surface area contributed by atoms with Crippen LogP contribution in [0.25, 0.3) is 11.4 Å². The van der Waals surface area contributed by atoms with Crippen molar-refractivity contribution < 1.29 is 14.3 Å². The molecular formula is C20H21N5O3. The Morgan fingerprint density at radius 3 is 2.64 bits per heavy atom. The molecule has 0 saturated heterocycles. The molecule has 28 heavy (non-hydrogen) atoms. The van der Waals surface area contributed by atoms with E-state index in [1.165, 1.54) is 7.11 Å². The maximum Gasteiger partial charge on any atom is 0.338 e. The number of carbonyl (C=O) groups excluding carboxylic acids is 2. The summed E-state index contributed by atoms with van der Waals surface area (Å²) in [5.74, 6) is -0.158. The summed E-state index contributed by atoms with van der Waals surface area (Å²) < 4.78 is 6.47. The van der Waals surface area contributed by atoms with Gasteiger partial charge in [-0.25, -0.2) is 9.48 Å². The largest absolute Gasteiger partial charge is 0.465 e. The second-order valence-corrected chi connectivity index (χ2v) is 6.60. The van der Waals surface area contributed by atoms with Gasteiger partial charge in [0.15, 0.2) is 5.82 Å². The molecule has 2 aromatic carbocycles. The molecule has 3 rings (SSSR count). The zero-order valence-corrected chi connectivity index (χ0v) is 16.1. The standard InChI is InChI=1S/C20H21N5O3/c1-12(2)25-18(22-23-24-25)14-6-5-7-15(10-14)19(26)21-16-9-8-13(3)17(11-16)20(27)28-4/h5-12H,1-4H3,(H,21,26). The summed E-state index contributed by atoms with van der Waals surface area (Å²) in [5, 5.41) is 14.6. The zero-order valence-electron chi connectivity index (χ0n) is 16.1. The number of nitrogens with one attached hydrogen (secondary N) is 1. The number of aromatic nitrogens is 4. The quantitative estimate of drug-likeness (QED) is 0.683. The van der Waals surface area contributed by atoms with E-state index in [0.29, 0.717) is 22.6 Å². The number of hydrogen-bond acceptors (Lipinski definition) is 6. The SMILES string of the molecule is COC(=O)c1cc(NC(=O)c2cccc(-c3nnnn3C(C)C)c2)ccc1C. The molecule has 0 spiro atoms. The van der Waals surface area contributed by atoms with Crippen molar-refractivity contribution in [1.29, 1.82) is 0 Å². The number of methoxy groups -OCH3 is 1. The van der Waals surface area contributed by atoms with Crippen LogP contribution >= 0.6 is 0 Å². The van der Waals surface area contributed by atoms with Gasteiger partial charge < -0.3 is 10.1 Å². The molecule has 144 valence electrons. The lowest BCUT2D eigenvalue weighted by atomic mass is 10.1. The van der Waals surface area contributed by atoms with Crippen LogP contribution in [0.1, 0.15) is 46.2 Å². The van der Waals surface area contributed by atoms with Crippen LogP contribution in [0.2, 0.25) is 0 Å². The first-order valence-electron chi connectivity index (χ1n) is 8.79. The van der Waals surface area contributed by atoms with Crippen LogP contribution in [0.4, 0.5) is 5.69 Å². The highest BCUT2D eigenvalue weighted by Crippen LogP contribution is 2.21. The summed E-state index contributed by atoms with van der Waals surface area (Å²) in [6.45, 7) is 5.76. The molecule has 1 N–H and O–H groups in total. The number of esters is 1. The maximum absolute atomic E-state index is 12.7. The van der Waals surface area contributed by atoms with E-state index in [2.05, 4.69) is 20.8 Å². The Labute approximate surface area is 162 Å². The van der Waals surface area contributed by atoms with Crippen molar-refractivity contribution in [3.05, 3.63) is 59.2 Å². The van der Waals surface area contributed by atoms with E-state index < -0.39 is 5.97 Å². The average Bonchev–Trinajstić information content (AvgIpc) is 3.19. The number of aryl methyl sites for hydroxylation is 1. The summed E-state index contributed by atoms with van der Waals surface area (Å²) in [6, 6.07) is 12.3. The second-order valence-electron chi connectivity index (χ2n) is 6.60. The molecule has 0 aliphatic carbocycles. The monoisotopic (exact) mass is 379 g/mol. The number of anilines is 1. The van der Waals surface area contributed by atoms with E-state index in [1.807, 2.05) is 19.9 Å². The lowest BCUT2D eigenvalue weighted by molar-refractivity contribution is 0.0599. The minimum Gasteiger partial charge on any atom is -0.465 e. The van der Waals surface area contributed by atoms with Gasteiger partial charge in [0.05, 0.1) is 18.7 Å². The third-order valence-corrected chi connectivity index (χ3v) is 4.27. The third-order valence-electron chi connectivity index (χ3n) is 4.27. The fourth-order valence-corrected chi connectivity index (χ4v) is 2.76. The smallest absolute Gasteiger partial charge is 0.338 e. The highest BCUT2D eigenvalue weighted by atomic mass is 16.5. The number of carbonyl (C=O) groups is 2. The molecule has 8 heteroatoms. The van der Waals surface area contributed by atoms with Crippen molar-refractivity contribution in [3.63, 3.8) is 0 Å². The molecule has 3 aromatic rings. The number of tetrazole rings is 1. The summed E-state index contributed by atoms with van der Waals surface area (Å²) in [7, 11) is 1.32. The van der Waals surface area contributed by atoms with Crippen LogP contribution in [-0.4, -0.2) is 39.2 Å². The number of nitrogens with zero attached hydrogens (tertiary/aromatic N) is 4. The Morgan fingerprint density at radius 1 is 1.14 bits per heavy atom. The van der Waals surface area contributed by atoms with Gasteiger partial charge in [-0.15, -0.1) is 5.10 Å². The Kier molecular flexibility index (Phi) is 5.49. The van der Waals surface area contributed by atoms with Crippen molar-refractivity contribution >= 4 is 17.6 Å². The van der Waals surface area contributed by atoms with Gasteiger partial charge in [-0.3, -0.25) is 4.79 Å². The minimum atomic E-state index is -0.448. The molecule has 1 aromatic heterocycles. The predicted octanol–water partition coefficient (Wildman–Crippen LogP) is 3.27. The number of hydrogen-bond donors (Lipinski definition) is 1. The van der Waals surface area contributed by atoms with Gasteiger partial charge in [0.25, 0.3) is 5.91 Å². The summed E-state index contributed by atoms with van der Waals surface area (Å²) >= 11 is 0. The Balaban J connectivity index is 1.86. The fraction of sp³-hybridized carbons (Fsp3) is 0.250. The maximum atomic E-state index is 12.7. The normalized spacial score (nSPS) is 10.8. The van der Waals surface area contributed by atoms with Crippen LogP contribution < -0.4 is 5.32 Å². The van der Waals surface area contributed by atoms with Crippen molar-refractivity contribution in [1.82, 2.24) is 20.2 Å². The van der Waals surface area contributed by atoms with Gasteiger partial charge in [-0.2, -0.15) is 0 Å². The summed E-state index contributed by atoms with van der Waals surface area (Å²) in [4.78, 5) is 24.6. The Bertz CT molecular complexity index is 1030. The molecule has 1 heterocycles. The first-order chi connectivity index (χ1) is 13.4. The molecule has 0 radical (unpaired) electrons. The number of ether oxygens (including phenoxy) is 1. The van der Waals surface area contributed by atoms with Crippen LogP contribution in [0.5, 0.6) is 0 Å². The fourth-order valence-electron chi connectivity index (χ4n) is 2.76. The Morgan fingerprint density at radius 2 is 1.93 bits per heavy atom. The topological polar surface area (TPSA) is 99.0 Å². The molecule has 0 unspecified atom stereocenters. The van der Waals surface area contributed by atoms with E-state index in [-0.39, 0.29) is 11.9 Å². The van der Waals surface area contributed by atoms with E-state index in [4.69, 9.17) is 4.74 Å². The van der Waals surface area contributed by atoms with Crippen LogP contribution in [0, 0.1) is 6.92 Å². The van der Waals surface area contributed by atoms with Crippen molar-refractivity contribution in [2.75, 3.05) is 12.4 Å². The summed E-state index contributed by atoms with van der Waals surface area (Å²) in [5.41, 5.74) is 2.88. The number of amides is 1. The van der Waals surface area contributed by atoms with E-state index >= 15 is 0 Å². The van der Waals surface area contributed by atoms with E-state index in [1.54, 1.807) is 48.0 Å². The van der Waals surface area contributed by atoms with Crippen LogP contribution in [0.15, 0.2) is 42.5 Å². The molecule has 0 saturated carbocycles. The molecule has 0 bridgehead atoms. The molecular weight excluding hydrogens is 358 g/mol. The predicted molar refractivity (Wildman–Crippen MR) is 104 cm³/mol. The second kappa shape index (κ2) is 7.99. The van der Waals surface area contributed by atoms with Gasteiger partial charge >= 0.3 is 5.97 Å². The van der Waals surface area contributed by atoms with Crippen LogP contribution in [-0.2, 0) is 4.74 Å². The minimum absolute atomic E-state index is 0.0896. The highest BCUT2D eigenvalue weighted by molar-refractivity contribution is 6.05. The van der Waals surface area contributed by atoms with Gasteiger partial charge in [0.2, 0.25) is 0 Å². The van der Waals surface area contributed by atoms with Crippen LogP contribution in [0.3, 0.4) is 0 Å². The molecule has 0 fully saturated rings. The molecule has 1 amide bonds. The van der Waals surface area contributed by atoms with E-state index in [0.717, 1.165) is 11.1 Å². The Hall–Kier alpha value is -3.55.